The highest BCUT2D eigenvalue weighted by Gasteiger charge is 2.91. The summed E-state index contributed by atoms with van der Waals surface area (Å²) in [7, 11) is 0. The van der Waals surface area contributed by atoms with Crippen LogP contribution in [-0.4, -0.2) is 48.6 Å². The number of hydrogen-bond acceptors (Lipinski definition) is 3. The van der Waals surface area contributed by atoms with Crippen molar-refractivity contribution < 1.29 is 71.3 Å². The maximum Gasteiger partial charge on any atom is 0.471 e. The van der Waals surface area contributed by atoms with Crippen LogP contribution in [0.1, 0.15) is 71.1 Å². The van der Waals surface area contributed by atoms with Gasteiger partial charge in [-0.2, -0.15) is 57.1 Å². The zero-order valence-corrected chi connectivity index (χ0v) is 25.2. The van der Waals surface area contributed by atoms with Crippen LogP contribution in [0.15, 0.2) is 12.1 Å². The molecule has 0 radical (unpaired) electrons. The SMILES string of the molecule is CCC(C)(C)CC(C)(C(=O)OCCc1c(C)cc(OC(F)(F)C(F)(F)C(F)(F)C(F)(F)C(F)(F)C(F)(F)F)cc1C)C(C)C. The molecular weight excluding hydrogens is 631 g/mol. The van der Waals surface area contributed by atoms with E-state index >= 15 is 0 Å². The molecule has 0 amide bonds. The molecule has 0 aliphatic carbocycles. The molecule has 0 fully saturated rings. The summed E-state index contributed by atoms with van der Waals surface area (Å²) in [6, 6.07) is 1.19. The van der Waals surface area contributed by atoms with Gasteiger partial charge in [-0.05, 0) is 67.3 Å². The summed E-state index contributed by atoms with van der Waals surface area (Å²) in [5.74, 6) is -33.3. The first-order valence-electron chi connectivity index (χ1n) is 13.3. The first-order valence-corrected chi connectivity index (χ1v) is 13.3. The third kappa shape index (κ3) is 7.18. The highest BCUT2D eigenvalue weighted by atomic mass is 19.4. The van der Waals surface area contributed by atoms with Gasteiger partial charge in [-0.25, -0.2) is 0 Å². The highest BCUT2D eigenvalue weighted by Crippen LogP contribution is 2.60. The van der Waals surface area contributed by atoms with Crippen LogP contribution in [0.3, 0.4) is 0 Å². The summed E-state index contributed by atoms with van der Waals surface area (Å²) in [5.41, 5.74) is -0.772. The summed E-state index contributed by atoms with van der Waals surface area (Å²) in [5, 5.41) is 0. The number of carbonyl (C=O) groups is 1. The number of carbonyl (C=O) groups excluding carboxylic acids is 1. The number of hydrogen-bond donors (Lipinski definition) is 0. The molecule has 0 saturated carbocycles. The van der Waals surface area contributed by atoms with Crippen molar-refractivity contribution in [2.24, 2.45) is 16.7 Å². The number of aryl methyl sites for hydroxylation is 2. The lowest BCUT2D eigenvalue weighted by Crippen LogP contribution is -2.70. The number of ether oxygens (including phenoxy) is 2. The Morgan fingerprint density at radius 2 is 1.18 bits per heavy atom. The monoisotopic (exact) mass is 666 g/mol. The van der Waals surface area contributed by atoms with E-state index in [1.807, 2.05) is 34.6 Å². The topological polar surface area (TPSA) is 35.5 Å². The van der Waals surface area contributed by atoms with Gasteiger partial charge in [0.25, 0.3) is 0 Å². The molecule has 1 atom stereocenters. The maximum absolute atomic E-state index is 14.2. The van der Waals surface area contributed by atoms with E-state index in [-0.39, 0.29) is 35.5 Å². The first kappa shape index (κ1) is 39.6. The van der Waals surface area contributed by atoms with Crippen LogP contribution in [0.2, 0.25) is 0 Å². The average molecular weight is 667 g/mol. The van der Waals surface area contributed by atoms with Crippen LogP contribution in [0.5, 0.6) is 5.75 Å². The number of esters is 1. The summed E-state index contributed by atoms with van der Waals surface area (Å²) < 4.78 is 183. The van der Waals surface area contributed by atoms with Gasteiger partial charge in [-0.15, -0.1) is 0 Å². The van der Waals surface area contributed by atoms with Crippen LogP contribution in [-0.2, 0) is 16.0 Å². The molecule has 44 heavy (non-hydrogen) atoms. The second kappa shape index (κ2) is 12.4. The third-order valence-electron chi connectivity index (χ3n) is 7.95. The van der Waals surface area contributed by atoms with E-state index in [0.29, 0.717) is 24.1 Å². The van der Waals surface area contributed by atoms with Gasteiger partial charge < -0.3 is 9.47 Å². The lowest BCUT2D eigenvalue weighted by Gasteiger charge is -2.39. The van der Waals surface area contributed by atoms with E-state index in [4.69, 9.17) is 4.74 Å². The molecule has 1 unspecified atom stereocenters. The van der Waals surface area contributed by atoms with E-state index in [0.717, 1.165) is 6.42 Å². The average Bonchev–Trinajstić information content (AvgIpc) is 2.83. The Balaban J connectivity index is 3.23. The van der Waals surface area contributed by atoms with Gasteiger partial charge in [0.1, 0.15) is 5.75 Å². The van der Waals surface area contributed by atoms with Crippen LogP contribution in [0.4, 0.5) is 57.1 Å². The first-order chi connectivity index (χ1) is 19.4. The predicted octanol–water partition coefficient (Wildman–Crippen LogP) is 9.95. The summed E-state index contributed by atoms with van der Waals surface area (Å²) in [4.78, 5) is 13.0. The molecule has 16 heteroatoms. The molecule has 0 aliphatic heterocycles. The van der Waals surface area contributed by atoms with Crippen molar-refractivity contribution in [1.29, 1.82) is 0 Å². The Kier molecular flexibility index (Phi) is 11.2. The number of halogens is 13. The normalized spacial score (nSPS) is 15.8. The Morgan fingerprint density at radius 3 is 1.57 bits per heavy atom. The van der Waals surface area contributed by atoms with Gasteiger partial charge in [-0.3, -0.25) is 4.79 Å². The second-order valence-electron chi connectivity index (χ2n) is 12.1. The summed E-state index contributed by atoms with van der Waals surface area (Å²) >= 11 is 0. The largest absolute Gasteiger partial charge is 0.471 e. The molecule has 256 valence electrons. The summed E-state index contributed by atoms with van der Waals surface area (Å²) in [6.07, 6.45) is -13.0. The van der Waals surface area contributed by atoms with Crippen LogP contribution < -0.4 is 4.74 Å². The second-order valence-corrected chi connectivity index (χ2v) is 12.1. The summed E-state index contributed by atoms with van der Waals surface area (Å²) in [6.45, 7) is 13.6. The van der Waals surface area contributed by atoms with E-state index < -0.39 is 53.1 Å². The molecule has 0 aliphatic rings. The molecule has 0 heterocycles. The number of alkyl halides is 13. The van der Waals surface area contributed by atoms with E-state index in [2.05, 4.69) is 4.74 Å². The Bertz CT molecular complexity index is 1150. The lowest BCUT2D eigenvalue weighted by atomic mass is 9.67. The Labute approximate surface area is 246 Å². The van der Waals surface area contributed by atoms with Gasteiger partial charge >= 0.3 is 41.9 Å². The fourth-order valence-electron chi connectivity index (χ4n) is 4.42. The van der Waals surface area contributed by atoms with Crippen LogP contribution in [0, 0.1) is 30.6 Å². The Hall–Kier alpha value is -2.42. The molecule has 1 aromatic carbocycles. The molecule has 0 saturated heterocycles. The van der Waals surface area contributed by atoms with Crippen LogP contribution in [0.25, 0.3) is 0 Å². The van der Waals surface area contributed by atoms with Crippen molar-refractivity contribution in [3.8, 4) is 5.75 Å². The van der Waals surface area contributed by atoms with Crippen molar-refractivity contribution in [3.05, 3.63) is 28.8 Å². The van der Waals surface area contributed by atoms with Crippen LogP contribution >= 0.6 is 0 Å². The standard InChI is InChI=1S/C28H35F13O3/c1-9-21(6,7)14-22(8,15(2)3)20(42)43-11-10-19-16(4)12-18(13-17(19)5)44-28(40,41)26(35,36)24(31,32)23(29,30)25(33,34)27(37,38)39/h12-13,15H,9-11,14H2,1-8H3. The van der Waals surface area contributed by atoms with Crippen molar-refractivity contribution in [3.63, 3.8) is 0 Å². The van der Waals surface area contributed by atoms with E-state index in [1.165, 1.54) is 13.8 Å². The minimum Gasteiger partial charge on any atom is -0.465 e. The minimum absolute atomic E-state index is 0.00500. The minimum atomic E-state index is -8.01. The van der Waals surface area contributed by atoms with Gasteiger partial charge in [0.2, 0.25) is 0 Å². The number of rotatable bonds is 14. The number of benzene rings is 1. The third-order valence-corrected chi connectivity index (χ3v) is 7.95. The zero-order valence-electron chi connectivity index (χ0n) is 25.2. The van der Waals surface area contributed by atoms with E-state index in [1.54, 1.807) is 6.92 Å². The smallest absolute Gasteiger partial charge is 0.465 e. The molecular formula is C28H35F13O3. The van der Waals surface area contributed by atoms with Crippen molar-refractivity contribution >= 4 is 5.97 Å². The molecule has 0 spiro atoms. The van der Waals surface area contributed by atoms with Gasteiger partial charge in [-0.1, -0.05) is 41.0 Å². The maximum atomic E-state index is 14.2. The Morgan fingerprint density at radius 1 is 0.750 bits per heavy atom. The van der Waals surface area contributed by atoms with Crippen molar-refractivity contribution in [2.75, 3.05) is 6.61 Å². The lowest BCUT2D eigenvalue weighted by molar-refractivity contribution is -0.456. The van der Waals surface area contributed by atoms with Crippen molar-refractivity contribution in [1.82, 2.24) is 0 Å². The van der Waals surface area contributed by atoms with Gasteiger partial charge in [0.05, 0.1) is 12.0 Å². The molecule has 0 bridgehead atoms. The molecule has 1 aromatic rings. The molecule has 1 rings (SSSR count). The molecule has 0 N–H and O–H groups in total. The van der Waals surface area contributed by atoms with Gasteiger partial charge in [0, 0.05) is 6.42 Å². The quantitative estimate of drug-likeness (QED) is 0.147. The highest BCUT2D eigenvalue weighted by molar-refractivity contribution is 5.76. The van der Waals surface area contributed by atoms with E-state index in [9.17, 15) is 61.9 Å². The predicted molar refractivity (Wildman–Crippen MR) is 134 cm³/mol. The fourth-order valence-corrected chi connectivity index (χ4v) is 4.42. The van der Waals surface area contributed by atoms with Gasteiger partial charge in [0.15, 0.2) is 0 Å². The fraction of sp³-hybridized carbons (Fsp3) is 0.750. The molecule has 0 aromatic heterocycles. The van der Waals surface area contributed by atoms with Crippen molar-refractivity contribution in [2.45, 2.75) is 111 Å². The molecule has 3 nitrogen and oxygen atoms in total. The zero-order chi connectivity index (χ0) is 35.1.